The van der Waals surface area contributed by atoms with Crippen molar-refractivity contribution in [3.63, 3.8) is 0 Å². The number of hydrogen-bond donors (Lipinski definition) is 1. The summed E-state index contributed by atoms with van der Waals surface area (Å²) in [6.07, 6.45) is 0.681. The zero-order valence-corrected chi connectivity index (χ0v) is 15.0. The van der Waals surface area contributed by atoms with Crippen molar-refractivity contribution in [1.82, 2.24) is 15.1 Å². The summed E-state index contributed by atoms with van der Waals surface area (Å²) in [6, 6.07) is 7.38. The van der Waals surface area contributed by atoms with Crippen LogP contribution in [0.25, 0.3) is 0 Å². The molecule has 0 saturated carbocycles. The average Bonchev–Trinajstić information content (AvgIpc) is 2.87. The Balaban J connectivity index is 1.62. The second-order valence-corrected chi connectivity index (χ2v) is 6.85. The number of rotatable bonds is 2. The van der Waals surface area contributed by atoms with E-state index in [1.165, 1.54) is 0 Å². The normalized spacial score (nSPS) is 24.7. The lowest BCUT2D eigenvalue weighted by Crippen LogP contribution is -2.56. The van der Waals surface area contributed by atoms with Gasteiger partial charge in [-0.1, -0.05) is 17.7 Å². The lowest BCUT2D eigenvalue weighted by atomic mass is 10.1. The maximum atomic E-state index is 12.8. The molecule has 1 aromatic carbocycles. The summed E-state index contributed by atoms with van der Waals surface area (Å²) >= 11 is 0. The molecule has 2 aliphatic heterocycles. The highest BCUT2D eigenvalue weighted by molar-refractivity contribution is 5.94. The molecule has 6 nitrogen and oxygen atoms in total. The third-order valence-corrected chi connectivity index (χ3v) is 4.94. The Bertz CT molecular complexity index is 634. The highest BCUT2D eigenvalue weighted by Gasteiger charge is 2.33. The Morgan fingerprint density at radius 2 is 1.92 bits per heavy atom. The largest absolute Gasteiger partial charge is 0.375 e. The van der Waals surface area contributed by atoms with Gasteiger partial charge in [-0.05, 0) is 32.4 Å². The second-order valence-electron chi connectivity index (χ2n) is 6.85. The van der Waals surface area contributed by atoms with Crippen LogP contribution < -0.4 is 5.32 Å². The number of carbonyl (C=O) groups is 2. The average molecular weight is 345 g/mol. The van der Waals surface area contributed by atoms with E-state index in [-0.39, 0.29) is 24.0 Å². The molecule has 0 radical (unpaired) electrons. The van der Waals surface area contributed by atoms with Crippen LogP contribution in [0.5, 0.6) is 0 Å². The van der Waals surface area contributed by atoms with Gasteiger partial charge in [0.2, 0.25) is 5.91 Å². The van der Waals surface area contributed by atoms with E-state index in [0.29, 0.717) is 39.3 Å². The number of benzene rings is 1. The summed E-state index contributed by atoms with van der Waals surface area (Å²) in [7, 11) is 0. The third-order valence-electron chi connectivity index (χ3n) is 4.94. The molecule has 0 aromatic heterocycles. The minimum Gasteiger partial charge on any atom is -0.375 e. The van der Waals surface area contributed by atoms with E-state index in [4.69, 9.17) is 4.74 Å². The fourth-order valence-electron chi connectivity index (χ4n) is 3.51. The Morgan fingerprint density at radius 1 is 1.16 bits per heavy atom. The predicted molar refractivity (Wildman–Crippen MR) is 95.5 cm³/mol. The highest BCUT2D eigenvalue weighted by atomic mass is 16.5. The standard InChI is InChI=1S/C19H27N3O3/c1-14-5-3-6-16(13-14)18(23)21-8-4-9-22(11-10-21)19(24)17-15(2)25-12-7-20-17/h3,5-6,13,15,17,20H,4,7-12H2,1-2H3/t15-,17+/m1/s1. The summed E-state index contributed by atoms with van der Waals surface area (Å²) in [5.74, 6) is 0.127. The van der Waals surface area contributed by atoms with Crippen LogP contribution in [-0.2, 0) is 9.53 Å². The van der Waals surface area contributed by atoms with Crippen molar-refractivity contribution in [3.8, 4) is 0 Å². The lowest BCUT2D eigenvalue weighted by molar-refractivity contribution is -0.139. The van der Waals surface area contributed by atoms with E-state index in [2.05, 4.69) is 5.32 Å². The number of ether oxygens (including phenoxy) is 1. The highest BCUT2D eigenvalue weighted by Crippen LogP contribution is 2.13. The first kappa shape index (κ1) is 17.9. The van der Waals surface area contributed by atoms with E-state index in [9.17, 15) is 9.59 Å². The van der Waals surface area contributed by atoms with Gasteiger partial charge in [0.15, 0.2) is 0 Å². The van der Waals surface area contributed by atoms with Crippen molar-refractivity contribution < 1.29 is 14.3 Å². The number of hydrogen-bond acceptors (Lipinski definition) is 4. The first-order valence-electron chi connectivity index (χ1n) is 9.06. The summed E-state index contributed by atoms with van der Waals surface area (Å²) in [5, 5.41) is 3.26. The van der Waals surface area contributed by atoms with Gasteiger partial charge in [0.25, 0.3) is 5.91 Å². The molecule has 136 valence electrons. The van der Waals surface area contributed by atoms with Crippen molar-refractivity contribution in [1.29, 1.82) is 0 Å². The van der Waals surface area contributed by atoms with Crippen LogP contribution in [0, 0.1) is 6.92 Å². The van der Waals surface area contributed by atoms with E-state index >= 15 is 0 Å². The van der Waals surface area contributed by atoms with Crippen molar-refractivity contribution >= 4 is 11.8 Å². The fourth-order valence-corrected chi connectivity index (χ4v) is 3.51. The quantitative estimate of drug-likeness (QED) is 0.870. The van der Waals surface area contributed by atoms with Crippen molar-refractivity contribution in [2.75, 3.05) is 39.3 Å². The maximum Gasteiger partial charge on any atom is 0.253 e. The number of carbonyl (C=O) groups excluding carboxylic acids is 2. The van der Waals surface area contributed by atoms with Crippen LogP contribution in [0.4, 0.5) is 0 Å². The zero-order chi connectivity index (χ0) is 17.8. The summed E-state index contributed by atoms with van der Waals surface area (Å²) in [5.41, 5.74) is 1.80. The van der Waals surface area contributed by atoms with Crippen LogP contribution in [0.15, 0.2) is 24.3 Å². The van der Waals surface area contributed by atoms with E-state index in [1.54, 1.807) is 0 Å². The molecule has 2 aliphatic rings. The lowest BCUT2D eigenvalue weighted by Gasteiger charge is -2.33. The third kappa shape index (κ3) is 4.19. The first-order valence-corrected chi connectivity index (χ1v) is 9.06. The molecule has 2 fully saturated rings. The van der Waals surface area contributed by atoms with Gasteiger partial charge >= 0.3 is 0 Å². The molecule has 0 unspecified atom stereocenters. The van der Waals surface area contributed by atoms with Gasteiger partial charge in [-0.2, -0.15) is 0 Å². The van der Waals surface area contributed by atoms with Crippen molar-refractivity contribution in [3.05, 3.63) is 35.4 Å². The van der Waals surface area contributed by atoms with Gasteiger partial charge in [-0.3, -0.25) is 9.59 Å². The van der Waals surface area contributed by atoms with Crippen LogP contribution in [-0.4, -0.2) is 73.1 Å². The molecular weight excluding hydrogens is 318 g/mol. The Labute approximate surface area is 149 Å². The van der Waals surface area contributed by atoms with Gasteiger partial charge in [0, 0.05) is 38.3 Å². The second kappa shape index (κ2) is 7.97. The molecule has 0 spiro atoms. The molecule has 2 heterocycles. The van der Waals surface area contributed by atoms with Gasteiger partial charge < -0.3 is 19.9 Å². The van der Waals surface area contributed by atoms with Crippen molar-refractivity contribution in [2.45, 2.75) is 32.4 Å². The van der Waals surface area contributed by atoms with Gasteiger partial charge in [-0.25, -0.2) is 0 Å². The number of nitrogens with zero attached hydrogens (tertiary/aromatic N) is 2. The van der Waals surface area contributed by atoms with Gasteiger partial charge in [-0.15, -0.1) is 0 Å². The first-order chi connectivity index (χ1) is 12.1. The maximum absolute atomic E-state index is 12.8. The van der Waals surface area contributed by atoms with E-state index in [1.807, 2.05) is 47.9 Å². The molecule has 2 saturated heterocycles. The zero-order valence-electron chi connectivity index (χ0n) is 15.0. The summed E-state index contributed by atoms with van der Waals surface area (Å²) in [4.78, 5) is 29.2. The molecule has 0 aliphatic carbocycles. The van der Waals surface area contributed by atoms with Gasteiger partial charge in [0.05, 0.1) is 12.7 Å². The minimum atomic E-state index is -0.284. The SMILES string of the molecule is Cc1cccc(C(=O)N2CCCN(C(=O)[C@H]3NCCO[C@@H]3C)CC2)c1. The monoisotopic (exact) mass is 345 g/mol. The molecule has 1 aromatic rings. The van der Waals surface area contributed by atoms with E-state index < -0.39 is 0 Å². The Kier molecular flexibility index (Phi) is 5.71. The smallest absolute Gasteiger partial charge is 0.253 e. The predicted octanol–water partition coefficient (Wildman–Crippen LogP) is 1.05. The summed E-state index contributed by atoms with van der Waals surface area (Å²) in [6.45, 7) is 7.76. The fraction of sp³-hybridized carbons (Fsp3) is 0.579. The van der Waals surface area contributed by atoms with Crippen LogP contribution in [0.1, 0.15) is 29.3 Å². The number of aryl methyl sites for hydroxylation is 1. The Hall–Kier alpha value is -1.92. The number of amides is 2. The Morgan fingerprint density at radius 3 is 2.68 bits per heavy atom. The topological polar surface area (TPSA) is 61.9 Å². The van der Waals surface area contributed by atoms with Crippen LogP contribution in [0.2, 0.25) is 0 Å². The van der Waals surface area contributed by atoms with E-state index in [0.717, 1.165) is 17.5 Å². The summed E-state index contributed by atoms with van der Waals surface area (Å²) < 4.78 is 5.59. The van der Waals surface area contributed by atoms with Crippen LogP contribution in [0.3, 0.4) is 0 Å². The molecule has 25 heavy (non-hydrogen) atoms. The number of morpholine rings is 1. The number of nitrogens with one attached hydrogen (secondary N) is 1. The molecule has 3 rings (SSSR count). The molecule has 2 amide bonds. The molecule has 6 heteroatoms. The molecular formula is C19H27N3O3. The molecule has 2 atom stereocenters. The molecule has 1 N–H and O–H groups in total. The minimum absolute atomic E-state index is 0.0468. The molecule has 0 bridgehead atoms. The van der Waals surface area contributed by atoms with Crippen molar-refractivity contribution in [2.24, 2.45) is 0 Å². The van der Waals surface area contributed by atoms with Gasteiger partial charge in [0.1, 0.15) is 6.04 Å². The van der Waals surface area contributed by atoms with Crippen LogP contribution >= 0.6 is 0 Å².